The Hall–Kier alpha value is -0.590. The topological polar surface area (TPSA) is 39.1 Å². The molecule has 1 unspecified atom stereocenters. The molecular formula is C10H19N3. The molecule has 1 rings (SSSR count). The van der Waals surface area contributed by atoms with Crippen LogP contribution in [-0.4, -0.2) is 37.1 Å². The Labute approximate surface area is 80.7 Å². The van der Waals surface area contributed by atoms with Gasteiger partial charge in [0.1, 0.15) is 0 Å². The van der Waals surface area contributed by atoms with E-state index in [4.69, 9.17) is 5.26 Å². The van der Waals surface area contributed by atoms with Crippen molar-refractivity contribution in [2.75, 3.05) is 20.1 Å². The fraction of sp³-hybridized carbons (Fsp3) is 0.900. The van der Waals surface area contributed by atoms with Gasteiger partial charge in [-0.05, 0) is 39.9 Å². The maximum Gasteiger partial charge on any atom is 0.0638 e. The molecule has 0 saturated carbocycles. The molecule has 0 amide bonds. The third kappa shape index (κ3) is 2.98. The van der Waals surface area contributed by atoms with Gasteiger partial charge in [-0.2, -0.15) is 5.26 Å². The van der Waals surface area contributed by atoms with Crippen molar-refractivity contribution < 1.29 is 0 Å². The van der Waals surface area contributed by atoms with Crippen LogP contribution in [0.5, 0.6) is 0 Å². The van der Waals surface area contributed by atoms with Crippen molar-refractivity contribution in [3.05, 3.63) is 0 Å². The lowest BCUT2D eigenvalue weighted by Crippen LogP contribution is -2.44. The summed E-state index contributed by atoms with van der Waals surface area (Å²) in [4.78, 5) is 2.35. The molecule has 0 aromatic carbocycles. The largest absolute Gasteiger partial charge is 0.317 e. The highest BCUT2D eigenvalue weighted by Crippen LogP contribution is 2.13. The number of nitrogens with one attached hydrogen (secondary N) is 1. The van der Waals surface area contributed by atoms with Gasteiger partial charge in [0.05, 0.1) is 12.5 Å². The summed E-state index contributed by atoms with van der Waals surface area (Å²) < 4.78 is 0. The Morgan fingerprint density at radius 3 is 2.69 bits per heavy atom. The van der Waals surface area contributed by atoms with Crippen LogP contribution < -0.4 is 5.32 Å². The molecule has 3 heteroatoms. The van der Waals surface area contributed by atoms with Crippen molar-refractivity contribution in [1.82, 2.24) is 10.2 Å². The standard InChI is InChI=1S/C10H19N3/c1-9(3-6-11)13(2)10-4-7-12-8-5-10/h9-10,12H,3-5,7-8H2,1-2H3. The first-order chi connectivity index (χ1) is 6.25. The van der Waals surface area contributed by atoms with E-state index in [1.54, 1.807) is 0 Å². The summed E-state index contributed by atoms with van der Waals surface area (Å²) in [7, 11) is 2.14. The molecule has 0 spiro atoms. The first-order valence-electron chi connectivity index (χ1n) is 5.05. The molecule has 0 aromatic heterocycles. The summed E-state index contributed by atoms with van der Waals surface area (Å²) in [5.41, 5.74) is 0. The molecule has 0 bridgehead atoms. The zero-order valence-electron chi connectivity index (χ0n) is 8.58. The Bertz CT molecular complexity index is 179. The highest BCUT2D eigenvalue weighted by atomic mass is 15.2. The van der Waals surface area contributed by atoms with Gasteiger partial charge in [-0.1, -0.05) is 0 Å². The number of nitriles is 1. The van der Waals surface area contributed by atoms with Crippen LogP contribution in [0.3, 0.4) is 0 Å². The molecule has 1 fully saturated rings. The third-order valence-corrected chi connectivity index (χ3v) is 2.97. The summed E-state index contributed by atoms with van der Waals surface area (Å²) in [5, 5.41) is 11.9. The first-order valence-corrected chi connectivity index (χ1v) is 5.05. The van der Waals surface area contributed by atoms with E-state index in [0.717, 1.165) is 13.1 Å². The Morgan fingerprint density at radius 2 is 2.15 bits per heavy atom. The molecule has 1 aliphatic heterocycles. The molecular weight excluding hydrogens is 162 g/mol. The smallest absolute Gasteiger partial charge is 0.0638 e. The molecule has 0 aliphatic carbocycles. The minimum atomic E-state index is 0.396. The minimum absolute atomic E-state index is 0.396. The van der Waals surface area contributed by atoms with E-state index in [2.05, 4.69) is 30.3 Å². The molecule has 1 aliphatic rings. The second-order valence-electron chi connectivity index (χ2n) is 3.86. The van der Waals surface area contributed by atoms with Crippen molar-refractivity contribution >= 4 is 0 Å². The van der Waals surface area contributed by atoms with Crippen LogP contribution in [0.1, 0.15) is 26.2 Å². The van der Waals surface area contributed by atoms with Gasteiger partial charge in [0.15, 0.2) is 0 Å². The molecule has 1 N–H and O–H groups in total. The molecule has 1 atom stereocenters. The van der Waals surface area contributed by atoms with E-state index in [0.29, 0.717) is 18.5 Å². The predicted molar refractivity (Wildman–Crippen MR) is 53.3 cm³/mol. The van der Waals surface area contributed by atoms with E-state index in [-0.39, 0.29) is 0 Å². The SMILES string of the molecule is CC(CC#N)N(C)C1CCNCC1. The van der Waals surface area contributed by atoms with E-state index in [9.17, 15) is 0 Å². The lowest BCUT2D eigenvalue weighted by molar-refractivity contribution is 0.154. The Kier molecular flexibility index (Phi) is 4.20. The van der Waals surface area contributed by atoms with Gasteiger partial charge in [-0.25, -0.2) is 0 Å². The zero-order chi connectivity index (χ0) is 9.68. The fourth-order valence-electron chi connectivity index (χ4n) is 1.85. The van der Waals surface area contributed by atoms with Crippen LogP contribution in [0.2, 0.25) is 0 Å². The van der Waals surface area contributed by atoms with Gasteiger partial charge < -0.3 is 5.32 Å². The average Bonchev–Trinajstić information content (AvgIpc) is 2.18. The van der Waals surface area contributed by atoms with Crippen LogP contribution >= 0.6 is 0 Å². The van der Waals surface area contributed by atoms with E-state index >= 15 is 0 Å². The van der Waals surface area contributed by atoms with Crippen molar-refractivity contribution in [2.24, 2.45) is 0 Å². The first kappa shape index (κ1) is 10.5. The van der Waals surface area contributed by atoms with E-state index in [1.165, 1.54) is 12.8 Å². The fourth-order valence-corrected chi connectivity index (χ4v) is 1.85. The van der Waals surface area contributed by atoms with E-state index in [1.807, 2.05) is 0 Å². The Balaban J connectivity index is 2.36. The minimum Gasteiger partial charge on any atom is -0.317 e. The number of piperidine rings is 1. The normalized spacial score (nSPS) is 21.4. The van der Waals surface area contributed by atoms with Gasteiger partial charge in [-0.3, -0.25) is 4.90 Å². The summed E-state index contributed by atoms with van der Waals surface area (Å²) in [5.74, 6) is 0. The van der Waals surface area contributed by atoms with Crippen LogP contribution in [0.25, 0.3) is 0 Å². The Morgan fingerprint density at radius 1 is 1.54 bits per heavy atom. The zero-order valence-corrected chi connectivity index (χ0v) is 8.58. The lowest BCUT2D eigenvalue weighted by Gasteiger charge is -2.34. The monoisotopic (exact) mass is 181 g/mol. The molecule has 3 nitrogen and oxygen atoms in total. The molecule has 1 saturated heterocycles. The van der Waals surface area contributed by atoms with Crippen LogP contribution in [0, 0.1) is 11.3 Å². The van der Waals surface area contributed by atoms with Gasteiger partial charge in [0.2, 0.25) is 0 Å². The van der Waals surface area contributed by atoms with Crippen molar-refractivity contribution in [2.45, 2.75) is 38.3 Å². The average molecular weight is 181 g/mol. The van der Waals surface area contributed by atoms with Crippen LogP contribution in [0.4, 0.5) is 0 Å². The lowest BCUT2D eigenvalue weighted by atomic mass is 10.0. The third-order valence-electron chi connectivity index (χ3n) is 2.97. The van der Waals surface area contributed by atoms with Gasteiger partial charge in [0, 0.05) is 12.1 Å². The van der Waals surface area contributed by atoms with Gasteiger partial charge in [0.25, 0.3) is 0 Å². The molecule has 13 heavy (non-hydrogen) atoms. The van der Waals surface area contributed by atoms with Crippen LogP contribution in [0.15, 0.2) is 0 Å². The van der Waals surface area contributed by atoms with Gasteiger partial charge >= 0.3 is 0 Å². The molecule has 0 aromatic rings. The summed E-state index contributed by atoms with van der Waals surface area (Å²) in [6.07, 6.45) is 3.07. The van der Waals surface area contributed by atoms with Crippen molar-refractivity contribution in [1.29, 1.82) is 5.26 Å². The van der Waals surface area contributed by atoms with Crippen molar-refractivity contribution in [3.8, 4) is 6.07 Å². The number of hydrogen-bond donors (Lipinski definition) is 1. The number of hydrogen-bond acceptors (Lipinski definition) is 3. The highest BCUT2D eigenvalue weighted by molar-refractivity contribution is 4.84. The summed E-state index contributed by atoms with van der Waals surface area (Å²) in [6, 6.07) is 3.30. The van der Waals surface area contributed by atoms with Gasteiger partial charge in [-0.15, -0.1) is 0 Å². The summed E-state index contributed by atoms with van der Waals surface area (Å²) >= 11 is 0. The maximum atomic E-state index is 8.59. The highest BCUT2D eigenvalue weighted by Gasteiger charge is 2.21. The number of nitrogens with zero attached hydrogens (tertiary/aromatic N) is 2. The quantitative estimate of drug-likeness (QED) is 0.705. The number of rotatable bonds is 3. The predicted octanol–water partition coefficient (Wildman–Crippen LogP) is 0.972. The molecule has 1 heterocycles. The molecule has 0 radical (unpaired) electrons. The van der Waals surface area contributed by atoms with E-state index < -0.39 is 0 Å². The maximum absolute atomic E-state index is 8.59. The second-order valence-corrected chi connectivity index (χ2v) is 3.86. The van der Waals surface area contributed by atoms with Crippen molar-refractivity contribution in [3.63, 3.8) is 0 Å². The summed E-state index contributed by atoms with van der Waals surface area (Å²) in [6.45, 7) is 4.37. The van der Waals surface area contributed by atoms with Crippen LogP contribution in [-0.2, 0) is 0 Å². The second kappa shape index (κ2) is 5.21. The molecule has 74 valence electrons.